The molecule has 0 fully saturated rings. The minimum atomic E-state index is -4.58. The summed E-state index contributed by atoms with van der Waals surface area (Å²) < 4.78 is 39.3. The van der Waals surface area contributed by atoms with Crippen molar-refractivity contribution in [3.63, 3.8) is 0 Å². The first kappa shape index (κ1) is 19.5. The van der Waals surface area contributed by atoms with Gasteiger partial charge in [-0.05, 0) is 59.0 Å². The van der Waals surface area contributed by atoms with Gasteiger partial charge < -0.3 is 10.6 Å². The molecule has 132 valence electrons. The fourth-order valence-electron chi connectivity index (χ4n) is 1.98. The van der Waals surface area contributed by atoms with Gasteiger partial charge in [0, 0.05) is 15.5 Å². The van der Waals surface area contributed by atoms with Gasteiger partial charge in [-0.25, -0.2) is 0 Å². The number of halogens is 5. The Balaban J connectivity index is 2.43. The van der Waals surface area contributed by atoms with E-state index < -0.39 is 23.6 Å². The number of anilines is 2. The van der Waals surface area contributed by atoms with Crippen LogP contribution in [0.15, 0.2) is 36.4 Å². The maximum Gasteiger partial charge on any atom is 0.416 e. The van der Waals surface area contributed by atoms with Crippen LogP contribution in [-0.2, 0) is 11.0 Å². The van der Waals surface area contributed by atoms with Crippen molar-refractivity contribution in [3.05, 3.63) is 56.1 Å². The van der Waals surface area contributed by atoms with Crippen molar-refractivity contribution in [1.82, 2.24) is 0 Å². The molecule has 0 radical (unpaired) electrons. The van der Waals surface area contributed by atoms with Crippen molar-refractivity contribution in [2.45, 2.75) is 13.1 Å². The summed E-state index contributed by atoms with van der Waals surface area (Å²) in [6.45, 7) is 1.21. The third-order valence-electron chi connectivity index (χ3n) is 3.08. The average molecular weight is 483 g/mol. The minimum absolute atomic E-state index is 0.0610. The number of hydrogen-bond donors (Lipinski definition) is 2. The number of rotatable bonds is 3. The molecule has 9 heteroatoms. The maximum absolute atomic E-state index is 12.9. The van der Waals surface area contributed by atoms with Gasteiger partial charge in [0.1, 0.15) is 0 Å². The summed E-state index contributed by atoms with van der Waals surface area (Å²) in [5, 5.41) is 5.10. The van der Waals surface area contributed by atoms with Crippen LogP contribution in [0.1, 0.15) is 22.8 Å². The van der Waals surface area contributed by atoms with E-state index >= 15 is 0 Å². The average Bonchev–Trinajstić information content (AvgIpc) is 2.49. The van der Waals surface area contributed by atoms with E-state index in [1.54, 1.807) is 12.1 Å². The predicted molar refractivity (Wildman–Crippen MR) is 97.9 cm³/mol. The maximum atomic E-state index is 12.9. The molecule has 0 saturated heterocycles. The zero-order valence-electron chi connectivity index (χ0n) is 12.7. The molecular weight excluding hydrogens is 472 g/mol. The molecule has 0 aromatic heterocycles. The molecule has 0 atom stereocenters. The van der Waals surface area contributed by atoms with Crippen LogP contribution < -0.4 is 10.6 Å². The Morgan fingerprint density at radius 3 is 2.32 bits per heavy atom. The molecule has 2 aromatic rings. The predicted octanol–water partition coefficient (Wildman–Crippen LogP) is 5.17. The number of hydrogen-bond acceptors (Lipinski definition) is 2. The van der Waals surface area contributed by atoms with Crippen molar-refractivity contribution in [1.29, 1.82) is 0 Å². The van der Waals surface area contributed by atoms with Crippen molar-refractivity contribution in [2.24, 2.45) is 0 Å². The van der Waals surface area contributed by atoms with Crippen LogP contribution >= 0.6 is 34.2 Å². The van der Waals surface area contributed by atoms with Gasteiger partial charge in [-0.2, -0.15) is 13.2 Å². The Bertz CT molecular complexity index is 841. The van der Waals surface area contributed by atoms with Crippen LogP contribution in [0.5, 0.6) is 0 Å². The molecule has 0 bridgehead atoms. The number of amides is 2. The van der Waals surface area contributed by atoms with Gasteiger partial charge in [-0.15, -0.1) is 0 Å². The molecule has 0 aliphatic rings. The lowest BCUT2D eigenvalue weighted by molar-refractivity contribution is -0.137. The normalized spacial score (nSPS) is 11.1. The number of carbonyl (C=O) groups excluding carboxylic acids is 2. The van der Waals surface area contributed by atoms with Gasteiger partial charge in [0.05, 0.1) is 22.5 Å². The number of carbonyl (C=O) groups is 2. The van der Waals surface area contributed by atoms with Gasteiger partial charge in [0.2, 0.25) is 5.91 Å². The van der Waals surface area contributed by atoms with E-state index in [0.717, 1.165) is 18.2 Å². The molecule has 0 aliphatic carbocycles. The summed E-state index contributed by atoms with van der Waals surface area (Å²) in [6.07, 6.45) is -4.58. The number of nitrogens with one attached hydrogen (secondary N) is 2. The molecule has 25 heavy (non-hydrogen) atoms. The zero-order valence-corrected chi connectivity index (χ0v) is 15.6. The van der Waals surface area contributed by atoms with E-state index in [0.29, 0.717) is 8.59 Å². The molecule has 0 aliphatic heterocycles. The second-order valence-electron chi connectivity index (χ2n) is 5.02. The highest BCUT2D eigenvalue weighted by Gasteiger charge is 2.31. The van der Waals surface area contributed by atoms with Gasteiger partial charge in [0.15, 0.2) is 0 Å². The molecule has 2 aromatic carbocycles. The van der Waals surface area contributed by atoms with E-state index in [-0.39, 0.29) is 16.9 Å². The van der Waals surface area contributed by atoms with Crippen LogP contribution in [-0.4, -0.2) is 11.8 Å². The molecule has 0 spiro atoms. The van der Waals surface area contributed by atoms with E-state index in [1.165, 1.54) is 13.0 Å². The van der Waals surface area contributed by atoms with Crippen LogP contribution in [0.4, 0.5) is 24.5 Å². The van der Waals surface area contributed by atoms with E-state index in [2.05, 4.69) is 10.6 Å². The summed E-state index contributed by atoms with van der Waals surface area (Å²) in [5.41, 5.74) is -0.839. The van der Waals surface area contributed by atoms with Crippen molar-refractivity contribution in [2.75, 3.05) is 10.6 Å². The fourth-order valence-corrected chi connectivity index (χ4v) is 2.74. The third kappa shape index (κ3) is 5.08. The van der Waals surface area contributed by atoms with Crippen molar-refractivity contribution < 1.29 is 22.8 Å². The summed E-state index contributed by atoms with van der Waals surface area (Å²) in [5.74, 6) is -1.12. The first-order chi connectivity index (χ1) is 11.6. The second kappa shape index (κ2) is 7.61. The van der Waals surface area contributed by atoms with E-state index in [4.69, 9.17) is 11.6 Å². The molecule has 2 amide bonds. The molecule has 4 nitrogen and oxygen atoms in total. The van der Waals surface area contributed by atoms with Gasteiger partial charge in [-0.1, -0.05) is 11.6 Å². The third-order valence-corrected chi connectivity index (χ3v) is 4.25. The highest BCUT2D eigenvalue weighted by atomic mass is 127. The minimum Gasteiger partial charge on any atom is -0.325 e. The molecule has 2 rings (SSSR count). The van der Waals surface area contributed by atoms with Crippen molar-refractivity contribution in [3.8, 4) is 0 Å². The largest absolute Gasteiger partial charge is 0.416 e. The monoisotopic (exact) mass is 482 g/mol. The van der Waals surface area contributed by atoms with E-state index in [9.17, 15) is 22.8 Å². The fraction of sp³-hybridized carbons (Fsp3) is 0.125. The number of benzene rings is 2. The summed E-state index contributed by atoms with van der Waals surface area (Å²) in [4.78, 5) is 23.7. The van der Waals surface area contributed by atoms with E-state index in [1.807, 2.05) is 22.6 Å². The van der Waals surface area contributed by atoms with Crippen LogP contribution in [0.2, 0.25) is 5.02 Å². The zero-order chi connectivity index (χ0) is 18.8. The quantitative estimate of drug-likeness (QED) is 0.593. The van der Waals surface area contributed by atoms with Gasteiger partial charge in [0.25, 0.3) is 5.91 Å². The lowest BCUT2D eigenvalue weighted by Crippen LogP contribution is -2.17. The standard InChI is InChI=1S/C16H11ClF3IN2O2/c1-8(24)22-13-5-2-9(16(18,19)20)6-14(13)23-15(25)11-7-10(17)3-4-12(11)21/h2-7H,1H3,(H,22,24)(H,23,25). The van der Waals surface area contributed by atoms with Crippen LogP contribution in [0.25, 0.3) is 0 Å². The Hall–Kier alpha value is -1.81. The summed E-state index contributed by atoms with van der Waals surface area (Å²) >= 11 is 7.77. The Kier molecular flexibility index (Phi) is 5.94. The summed E-state index contributed by atoms with van der Waals surface area (Å²) in [6, 6.07) is 7.28. The molecule has 0 heterocycles. The van der Waals surface area contributed by atoms with Crippen molar-refractivity contribution >= 4 is 57.4 Å². The SMILES string of the molecule is CC(=O)Nc1ccc(C(F)(F)F)cc1NC(=O)c1cc(Cl)ccc1I. The smallest absolute Gasteiger partial charge is 0.325 e. The topological polar surface area (TPSA) is 58.2 Å². The number of alkyl halides is 3. The highest BCUT2D eigenvalue weighted by Crippen LogP contribution is 2.34. The molecule has 0 saturated carbocycles. The second-order valence-corrected chi connectivity index (χ2v) is 6.62. The molecule has 2 N–H and O–H groups in total. The molecule has 0 unspecified atom stereocenters. The van der Waals surface area contributed by atoms with Crippen LogP contribution in [0, 0.1) is 3.57 Å². The lowest BCUT2D eigenvalue weighted by Gasteiger charge is -2.15. The van der Waals surface area contributed by atoms with Gasteiger partial charge in [-0.3, -0.25) is 9.59 Å². The Labute approximate surface area is 159 Å². The van der Waals surface area contributed by atoms with Crippen LogP contribution in [0.3, 0.4) is 0 Å². The summed E-state index contributed by atoms with van der Waals surface area (Å²) in [7, 11) is 0. The first-order valence-electron chi connectivity index (χ1n) is 6.83. The lowest BCUT2D eigenvalue weighted by atomic mass is 10.1. The Morgan fingerprint density at radius 1 is 1.04 bits per heavy atom. The Morgan fingerprint density at radius 2 is 1.72 bits per heavy atom. The highest BCUT2D eigenvalue weighted by molar-refractivity contribution is 14.1. The first-order valence-corrected chi connectivity index (χ1v) is 8.29. The van der Waals surface area contributed by atoms with Gasteiger partial charge >= 0.3 is 6.18 Å². The molecular formula is C16H11ClF3IN2O2.